The molecule has 1 aromatic carbocycles. The van der Waals surface area contributed by atoms with Crippen molar-refractivity contribution in [3.8, 4) is 5.75 Å². The number of ether oxygens (including phenoxy) is 3. The van der Waals surface area contributed by atoms with Gasteiger partial charge in [0.25, 0.3) is 0 Å². The molecule has 0 unspecified atom stereocenters. The summed E-state index contributed by atoms with van der Waals surface area (Å²) in [6.07, 6.45) is 4.98. The van der Waals surface area contributed by atoms with E-state index in [-0.39, 0.29) is 36.5 Å². The Morgan fingerprint density at radius 2 is 1.90 bits per heavy atom. The molecule has 1 aliphatic carbocycles. The highest BCUT2D eigenvalue weighted by atomic mass is 16.5. The molecule has 3 atom stereocenters. The van der Waals surface area contributed by atoms with E-state index in [4.69, 9.17) is 14.2 Å². The fourth-order valence-electron chi connectivity index (χ4n) is 5.73. The Kier molecular flexibility index (Phi) is 5.65. The molecule has 168 valence electrons. The summed E-state index contributed by atoms with van der Waals surface area (Å²) in [6, 6.07) is 8.02. The number of morpholine rings is 1. The van der Waals surface area contributed by atoms with Gasteiger partial charge >= 0.3 is 0 Å². The average molecular weight is 429 g/mol. The van der Waals surface area contributed by atoms with Gasteiger partial charge in [0.1, 0.15) is 12.4 Å². The lowest BCUT2D eigenvalue weighted by Crippen LogP contribution is -2.65. The Labute approximate surface area is 183 Å². The van der Waals surface area contributed by atoms with E-state index in [1.165, 1.54) is 5.56 Å². The van der Waals surface area contributed by atoms with E-state index >= 15 is 0 Å². The van der Waals surface area contributed by atoms with Gasteiger partial charge in [-0.2, -0.15) is 0 Å². The first-order valence-corrected chi connectivity index (χ1v) is 11.6. The maximum Gasteiger partial charge on any atom is 0.246 e. The lowest BCUT2D eigenvalue weighted by molar-refractivity contribution is -0.145. The molecule has 31 heavy (non-hydrogen) atoms. The highest BCUT2D eigenvalue weighted by Crippen LogP contribution is 2.40. The molecule has 7 nitrogen and oxygen atoms in total. The first-order valence-electron chi connectivity index (χ1n) is 11.6. The van der Waals surface area contributed by atoms with Crippen LogP contribution in [0.3, 0.4) is 0 Å². The van der Waals surface area contributed by atoms with Gasteiger partial charge in [-0.1, -0.05) is 25.1 Å². The van der Waals surface area contributed by atoms with Crippen molar-refractivity contribution in [1.82, 2.24) is 10.2 Å². The summed E-state index contributed by atoms with van der Waals surface area (Å²) in [4.78, 5) is 27.5. The summed E-state index contributed by atoms with van der Waals surface area (Å²) in [5.41, 5.74) is 0.685. The van der Waals surface area contributed by atoms with E-state index in [1.807, 2.05) is 24.0 Å². The van der Waals surface area contributed by atoms with E-state index < -0.39 is 5.54 Å². The number of fused-ring (bicyclic) bond motifs is 6. The van der Waals surface area contributed by atoms with Crippen molar-refractivity contribution in [2.45, 2.75) is 62.6 Å². The lowest BCUT2D eigenvalue weighted by Gasteiger charge is -2.42. The van der Waals surface area contributed by atoms with Gasteiger partial charge in [-0.05, 0) is 49.7 Å². The molecule has 0 aromatic heterocycles. The minimum Gasteiger partial charge on any atom is -0.492 e. The van der Waals surface area contributed by atoms with Crippen LogP contribution < -0.4 is 10.1 Å². The number of rotatable bonds is 0. The second-order valence-corrected chi connectivity index (χ2v) is 9.55. The molecule has 2 amide bonds. The zero-order valence-electron chi connectivity index (χ0n) is 18.2. The van der Waals surface area contributed by atoms with Gasteiger partial charge in [-0.15, -0.1) is 0 Å². The summed E-state index contributed by atoms with van der Waals surface area (Å²) in [5, 5.41) is 3.15. The van der Waals surface area contributed by atoms with Gasteiger partial charge < -0.3 is 24.4 Å². The molecular formula is C24H32N2O5. The Bertz CT molecular complexity index is 837. The predicted molar refractivity (Wildman–Crippen MR) is 114 cm³/mol. The quantitative estimate of drug-likeness (QED) is 0.686. The molecule has 4 heterocycles. The van der Waals surface area contributed by atoms with Gasteiger partial charge in [-0.3, -0.25) is 9.59 Å². The van der Waals surface area contributed by atoms with Crippen LogP contribution in [-0.2, 0) is 19.1 Å². The van der Waals surface area contributed by atoms with Crippen LogP contribution >= 0.6 is 0 Å². The van der Waals surface area contributed by atoms with Gasteiger partial charge in [0, 0.05) is 6.54 Å². The van der Waals surface area contributed by atoms with Crippen LogP contribution in [0.1, 0.15) is 50.5 Å². The van der Waals surface area contributed by atoms with Crippen LogP contribution in [0.2, 0.25) is 0 Å². The van der Waals surface area contributed by atoms with E-state index in [1.54, 1.807) is 0 Å². The number of carbonyl (C=O) groups is 2. The second-order valence-electron chi connectivity index (χ2n) is 9.55. The van der Waals surface area contributed by atoms with Crippen LogP contribution in [-0.4, -0.2) is 67.4 Å². The molecule has 2 bridgehead atoms. The van der Waals surface area contributed by atoms with Gasteiger partial charge in [0.05, 0.1) is 43.4 Å². The molecule has 4 aliphatic heterocycles. The fourth-order valence-corrected chi connectivity index (χ4v) is 5.73. The summed E-state index contributed by atoms with van der Waals surface area (Å²) >= 11 is 0. The topological polar surface area (TPSA) is 77.1 Å². The van der Waals surface area contributed by atoms with Crippen LogP contribution in [0.4, 0.5) is 0 Å². The average Bonchev–Trinajstić information content (AvgIpc) is 3.12. The molecule has 0 radical (unpaired) electrons. The number of nitrogens with one attached hydrogen (secondary N) is 1. The Balaban J connectivity index is 1.43. The Morgan fingerprint density at radius 1 is 1.10 bits per heavy atom. The molecule has 7 heteroatoms. The van der Waals surface area contributed by atoms with Gasteiger partial charge in [0.2, 0.25) is 11.8 Å². The van der Waals surface area contributed by atoms with Crippen molar-refractivity contribution in [2.75, 3.05) is 33.0 Å². The van der Waals surface area contributed by atoms with Crippen LogP contribution in [0.25, 0.3) is 0 Å². The number of hydrogen-bond donors (Lipinski definition) is 1. The van der Waals surface area contributed by atoms with E-state index in [9.17, 15) is 9.59 Å². The summed E-state index contributed by atoms with van der Waals surface area (Å²) in [6.45, 7) is 3.77. The maximum absolute atomic E-state index is 13.4. The smallest absolute Gasteiger partial charge is 0.246 e. The van der Waals surface area contributed by atoms with Crippen LogP contribution in [0.5, 0.6) is 5.75 Å². The summed E-state index contributed by atoms with van der Waals surface area (Å²) < 4.78 is 18.2. The van der Waals surface area contributed by atoms with Crippen molar-refractivity contribution in [2.24, 2.45) is 5.92 Å². The summed E-state index contributed by atoms with van der Waals surface area (Å²) in [7, 11) is 0. The van der Waals surface area contributed by atoms with Gasteiger partial charge in [-0.25, -0.2) is 0 Å². The number of amides is 2. The van der Waals surface area contributed by atoms with E-state index in [0.717, 1.165) is 31.4 Å². The zero-order chi connectivity index (χ0) is 21.4. The predicted octanol–water partition coefficient (Wildman–Crippen LogP) is 2.24. The Hall–Kier alpha value is -2.12. The molecule has 1 aromatic rings. The summed E-state index contributed by atoms with van der Waals surface area (Å²) in [5.74, 6) is 1.00. The number of benzene rings is 1. The van der Waals surface area contributed by atoms with Crippen molar-refractivity contribution >= 4 is 11.8 Å². The SMILES string of the molecule is C[C@H]1COc2ccccc2[C@H]2CC[C@H](CC2)OC[C@@H]2N(CC[C@@]23COCC(=O)N3)C1=O. The first-order chi connectivity index (χ1) is 15.1. The third-order valence-electron chi connectivity index (χ3n) is 7.51. The highest BCUT2D eigenvalue weighted by molar-refractivity contribution is 5.81. The first kappa shape index (κ1) is 20.8. The number of hydrogen-bond acceptors (Lipinski definition) is 5. The Morgan fingerprint density at radius 3 is 2.71 bits per heavy atom. The standard InChI is InChI=1S/C24H32N2O5/c1-16-12-31-20-5-3-2-4-19(20)17-6-8-18(9-7-17)30-13-21-24(10-11-26(21)23(16)28)15-29-14-22(27)25-24/h2-5,16-18,21H,6-15H2,1H3,(H,25,27)/t16-,17-,18+,21-,24+/m0/s1. The van der Waals surface area contributed by atoms with Gasteiger partial charge in [0.15, 0.2) is 0 Å². The molecule has 1 N–H and O–H groups in total. The van der Waals surface area contributed by atoms with Crippen molar-refractivity contribution in [3.05, 3.63) is 29.8 Å². The molecular weight excluding hydrogens is 396 g/mol. The molecule has 2 saturated heterocycles. The zero-order valence-corrected chi connectivity index (χ0v) is 18.2. The molecule has 6 rings (SSSR count). The largest absolute Gasteiger partial charge is 0.492 e. The minimum absolute atomic E-state index is 0.0463. The highest BCUT2D eigenvalue weighted by Gasteiger charge is 2.52. The second kappa shape index (κ2) is 8.43. The molecule has 3 fully saturated rings. The molecule has 1 spiro atoms. The van der Waals surface area contributed by atoms with E-state index in [0.29, 0.717) is 38.7 Å². The lowest BCUT2D eigenvalue weighted by atomic mass is 9.82. The normalized spacial score (nSPS) is 36.4. The third kappa shape index (κ3) is 3.94. The fraction of sp³-hybridized carbons (Fsp3) is 0.667. The van der Waals surface area contributed by atoms with Crippen LogP contribution in [0.15, 0.2) is 24.3 Å². The van der Waals surface area contributed by atoms with Crippen molar-refractivity contribution < 1.29 is 23.8 Å². The maximum atomic E-state index is 13.4. The van der Waals surface area contributed by atoms with Crippen LogP contribution in [0, 0.1) is 5.92 Å². The minimum atomic E-state index is -0.563. The number of para-hydroxylation sites is 1. The monoisotopic (exact) mass is 428 g/mol. The van der Waals surface area contributed by atoms with Crippen molar-refractivity contribution in [1.29, 1.82) is 0 Å². The third-order valence-corrected chi connectivity index (χ3v) is 7.51. The number of carbonyl (C=O) groups excluding carboxylic acids is 2. The molecule has 1 saturated carbocycles. The molecule has 5 aliphatic rings. The number of nitrogens with zero attached hydrogens (tertiary/aromatic N) is 1. The van der Waals surface area contributed by atoms with E-state index in [2.05, 4.69) is 17.4 Å². The van der Waals surface area contributed by atoms with Crippen molar-refractivity contribution in [3.63, 3.8) is 0 Å².